The molecule has 0 aliphatic rings. The highest BCUT2D eigenvalue weighted by Crippen LogP contribution is 2.45. The van der Waals surface area contributed by atoms with Gasteiger partial charge in [-0.3, -0.25) is 37.3 Å². The van der Waals surface area contributed by atoms with Gasteiger partial charge in [-0.2, -0.15) is 0 Å². The molecule has 0 aromatic rings. The largest absolute Gasteiger partial charge is 0.472 e. The van der Waals surface area contributed by atoms with Crippen molar-refractivity contribution in [2.45, 2.75) is 355 Å². The van der Waals surface area contributed by atoms with E-state index in [0.717, 1.165) is 102 Å². The lowest BCUT2D eigenvalue weighted by Gasteiger charge is -2.21. The third kappa shape index (κ3) is 59.7. The molecule has 17 nitrogen and oxygen atoms in total. The van der Waals surface area contributed by atoms with Crippen LogP contribution in [0.25, 0.3) is 0 Å². The van der Waals surface area contributed by atoms with Crippen molar-refractivity contribution in [3.8, 4) is 0 Å². The Balaban J connectivity index is 5.22. The van der Waals surface area contributed by atoms with Gasteiger partial charge in [0.1, 0.15) is 19.3 Å². The van der Waals surface area contributed by atoms with Crippen molar-refractivity contribution in [1.82, 2.24) is 0 Å². The van der Waals surface area contributed by atoms with Gasteiger partial charge in [-0.1, -0.05) is 286 Å². The first-order valence-electron chi connectivity index (χ1n) is 35.0. The number of phosphoric acid groups is 2. The number of ether oxygens (including phenoxy) is 4. The van der Waals surface area contributed by atoms with Gasteiger partial charge in [0.15, 0.2) is 12.2 Å². The van der Waals surface area contributed by atoms with E-state index in [-0.39, 0.29) is 25.7 Å². The maximum atomic E-state index is 13.0. The van der Waals surface area contributed by atoms with Crippen LogP contribution in [0.15, 0.2) is 0 Å². The van der Waals surface area contributed by atoms with Crippen molar-refractivity contribution >= 4 is 39.5 Å². The van der Waals surface area contributed by atoms with Crippen molar-refractivity contribution in [3.63, 3.8) is 0 Å². The average Bonchev–Trinajstić information content (AvgIpc) is 3.58. The molecule has 6 atom stereocenters. The first-order valence-corrected chi connectivity index (χ1v) is 38.0. The predicted octanol–water partition coefficient (Wildman–Crippen LogP) is 18.8. The van der Waals surface area contributed by atoms with Gasteiger partial charge in [-0.15, -0.1) is 0 Å². The standard InChI is InChI=1S/C67H130O17P2/c1-7-10-12-14-16-18-19-20-21-22-23-24-25-33-39-45-51-66(71)83-62(56-78-65(70)50-44-38-32-27-26-30-36-42-48-60(6)9-3)57-81-85(73,74)79-53-61(68)54-80-86(75,76)82-58-63(55-77-64(69)49-43-37-31-17-15-13-11-8-2)84-67(72)52-46-40-34-28-29-35-41-47-59(4)5/h59-63,68H,7-58H2,1-6H3,(H,73,74)(H,75,76)/t60?,61-,62-,63-/m1/s1. The summed E-state index contributed by atoms with van der Waals surface area (Å²) in [6.07, 6.45) is 43.1. The molecule has 3 unspecified atom stereocenters. The molecule has 0 rings (SSSR count). The van der Waals surface area contributed by atoms with Crippen LogP contribution in [0.2, 0.25) is 0 Å². The van der Waals surface area contributed by atoms with Gasteiger partial charge in [-0.05, 0) is 37.5 Å². The molecule has 0 fully saturated rings. The summed E-state index contributed by atoms with van der Waals surface area (Å²) in [7, 11) is -9.89. The monoisotopic (exact) mass is 1270 g/mol. The maximum Gasteiger partial charge on any atom is 0.472 e. The maximum absolute atomic E-state index is 13.0. The molecule has 510 valence electrons. The molecule has 0 amide bonds. The van der Waals surface area contributed by atoms with Crippen LogP contribution < -0.4 is 0 Å². The molecule has 0 aromatic heterocycles. The molecule has 0 heterocycles. The molecule has 0 saturated heterocycles. The van der Waals surface area contributed by atoms with Gasteiger partial charge in [0.05, 0.1) is 26.4 Å². The summed E-state index contributed by atoms with van der Waals surface area (Å²) in [6.45, 7) is 9.44. The van der Waals surface area contributed by atoms with E-state index in [2.05, 4.69) is 41.5 Å². The minimum absolute atomic E-state index is 0.103. The minimum atomic E-state index is -4.95. The van der Waals surface area contributed by atoms with Crippen LogP contribution in [0.4, 0.5) is 0 Å². The van der Waals surface area contributed by atoms with Crippen LogP contribution in [0.5, 0.6) is 0 Å². The molecule has 0 radical (unpaired) electrons. The zero-order chi connectivity index (χ0) is 63.6. The normalized spacial score (nSPS) is 14.5. The topological polar surface area (TPSA) is 237 Å². The summed E-state index contributed by atoms with van der Waals surface area (Å²) in [4.78, 5) is 72.3. The Morgan fingerprint density at radius 2 is 0.593 bits per heavy atom. The summed E-state index contributed by atoms with van der Waals surface area (Å²) < 4.78 is 68.1. The third-order valence-electron chi connectivity index (χ3n) is 15.8. The number of hydrogen-bond acceptors (Lipinski definition) is 15. The minimum Gasteiger partial charge on any atom is -0.462 e. The lowest BCUT2D eigenvalue weighted by Crippen LogP contribution is -2.30. The van der Waals surface area contributed by atoms with E-state index in [1.165, 1.54) is 148 Å². The molecule has 0 bridgehead atoms. The quantitative estimate of drug-likeness (QED) is 0.0222. The van der Waals surface area contributed by atoms with Crippen molar-refractivity contribution in [1.29, 1.82) is 0 Å². The van der Waals surface area contributed by atoms with Crippen LogP contribution in [0.3, 0.4) is 0 Å². The molecular weight excluding hydrogens is 1140 g/mol. The van der Waals surface area contributed by atoms with Crippen LogP contribution in [0.1, 0.15) is 337 Å². The number of carbonyl (C=O) groups is 4. The number of rotatable bonds is 66. The summed E-state index contributed by atoms with van der Waals surface area (Å²) in [6, 6.07) is 0. The van der Waals surface area contributed by atoms with E-state index in [1.807, 2.05) is 0 Å². The first kappa shape index (κ1) is 84.1. The van der Waals surface area contributed by atoms with E-state index in [0.29, 0.717) is 31.6 Å². The molecule has 0 aliphatic carbocycles. The summed E-state index contributed by atoms with van der Waals surface area (Å²) >= 11 is 0. The Hall–Kier alpha value is -1.94. The van der Waals surface area contributed by atoms with Gasteiger partial charge in [0.2, 0.25) is 0 Å². The molecular formula is C67H130O17P2. The van der Waals surface area contributed by atoms with Crippen LogP contribution in [0, 0.1) is 11.8 Å². The van der Waals surface area contributed by atoms with E-state index < -0.39 is 97.5 Å². The van der Waals surface area contributed by atoms with Gasteiger partial charge < -0.3 is 33.8 Å². The SMILES string of the molecule is CCCCCCCCCCCCCCCCCCC(=O)O[C@H](COC(=O)CCCCCCCCCCC(C)CC)COP(=O)(O)OC[C@@H](O)COP(=O)(O)OC[C@@H](COC(=O)CCCCCCCCCC)OC(=O)CCCCCCCCCC(C)C. The van der Waals surface area contributed by atoms with Crippen LogP contribution in [-0.2, 0) is 65.4 Å². The van der Waals surface area contributed by atoms with Gasteiger partial charge in [0.25, 0.3) is 0 Å². The zero-order valence-corrected chi connectivity index (χ0v) is 57.4. The fourth-order valence-electron chi connectivity index (χ4n) is 10.0. The Morgan fingerprint density at radius 3 is 0.884 bits per heavy atom. The highest BCUT2D eigenvalue weighted by molar-refractivity contribution is 7.47. The number of unbranched alkanes of at least 4 members (excludes halogenated alkanes) is 35. The Morgan fingerprint density at radius 1 is 0.337 bits per heavy atom. The second-order valence-electron chi connectivity index (χ2n) is 24.9. The molecule has 0 aliphatic heterocycles. The highest BCUT2D eigenvalue weighted by Gasteiger charge is 2.30. The van der Waals surface area contributed by atoms with Crippen molar-refractivity contribution < 1.29 is 80.2 Å². The number of carbonyl (C=O) groups excluding carboxylic acids is 4. The van der Waals surface area contributed by atoms with E-state index in [1.54, 1.807) is 0 Å². The van der Waals surface area contributed by atoms with E-state index >= 15 is 0 Å². The highest BCUT2D eigenvalue weighted by atomic mass is 31.2. The Bertz CT molecular complexity index is 1690. The second-order valence-corrected chi connectivity index (χ2v) is 27.8. The predicted molar refractivity (Wildman–Crippen MR) is 345 cm³/mol. The number of esters is 4. The number of aliphatic hydroxyl groups is 1. The summed E-state index contributed by atoms with van der Waals surface area (Å²) in [5.41, 5.74) is 0. The first-order chi connectivity index (χ1) is 41.4. The summed E-state index contributed by atoms with van der Waals surface area (Å²) in [5, 5.41) is 10.6. The van der Waals surface area contributed by atoms with E-state index in [9.17, 15) is 43.2 Å². The number of hydrogen-bond donors (Lipinski definition) is 3. The van der Waals surface area contributed by atoms with Crippen molar-refractivity contribution in [2.24, 2.45) is 11.8 Å². The molecule has 3 N–H and O–H groups in total. The molecule has 0 spiro atoms. The van der Waals surface area contributed by atoms with Gasteiger partial charge >= 0.3 is 39.5 Å². The lowest BCUT2D eigenvalue weighted by atomic mass is 9.99. The molecule has 86 heavy (non-hydrogen) atoms. The summed E-state index contributed by atoms with van der Waals surface area (Å²) in [5.74, 6) is -0.659. The molecule has 19 heteroatoms. The lowest BCUT2D eigenvalue weighted by molar-refractivity contribution is -0.161. The zero-order valence-electron chi connectivity index (χ0n) is 55.6. The van der Waals surface area contributed by atoms with Crippen LogP contribution in [-0.4, -0.2) is 96.7 Å². The smallest absolute Gasteiger partial charge is 0.462 e. The van der Waals surface area contributed by atoms with Gasteiger partial charge in [-0.25, -0.2) is 9.13 Å². The molecule has 0 aromatic carbocycles. The molecule has 0 saturated carbocycles. The Labute approximate surface area is 524 Å². The van der Waals surface area contributed by atoms with Crippen molar-refractivity contribution in [3.05, 3.63) is 0 Å². The third-order valence-corrected chi connectivity index (χ3v) is 17.7. The van der Waals surface area contributed by atoms with Crippen LogP contribution >= 0.6 is 15.6 Å². The average molecular weight is 1270 g/mol. The van der Waals surface area contributed by atoms with E-state index in [4.69, 9.17) is 37.0 Å². The number of aliphatic hydroxyl groups excluding tert-OH is 1. The Kier molecular flexibility index (Phi) is 58.0. The number of phosphoric ester groups is 2. The van der Waals surface area contributed by atoms with Gasteiger partial charge in [0, 0.05) is 25.7 Å². The fourth-order valence-corrected chi connectivity index (χ4v) is 11.6. The fraction of sp³-hybridized carbons (Fsp3) is 0.940. The second kappa shape index (κ2) is 59.4. The van der Waals surface area contributed by atoms with Crippen molar-refractivity contribution in [2.75, 3.05) is 39.6 Å².